The number of allylic oxidation sites excluding steroid dienone is 22. The van der Waals surface area contributed by atoms with Crippen molar-refractivity contribution < 1.29 is 80.2 Å². The minimum atomic E-state index is -5.00. The molecule has 3 N–H and O–H groups in total. The predicted octanol–water partition coefficient (Wildman–Crippen LogP) is 22.9. The number of phosphoric ester groups is 2. The maximum atomic E-state index is 13.1. The monoisotopic (exact) mass is 1470 g/mol. The molecule has 0 bridgehead atoms. The molecule has 0 aromatic rings. The number of carbonyl (C=O) groups is 4. The van der Waals surface area contributed by atoms with Crippen molar-refractivity contribution in [3.63, 3.8) is 0 Å². The number of hydrogen-bond donors (Lipinski definition) is 3. The van der Waals surface area contributed by atoms with Crippen LogP contribution in [-0.2, 0) is 65.4 Å². The highest BCUT2D eigenvalue weighted by molar-refractivity contribution is 7.47. The van der Waals surface area contributed by atoms with Gasteiger partial charge in [-0.25, -0.2) is 9.13 Å². The van der Waals surface area contributed by atoms with E-state index in [0.29, 0.717) is 32.1 Å². The first kappa shape index (κ1) is 97.2. The van der Waals surface area contributed by atoms with Crippen LogP contribution in [0.3, 0.4) is 0 Å². The van der Waals surface area contributed by atoms with Crippen LogP contribution in [0.2, 0.25) is 0 Å². The summed E-state index contributed by atoms with van der Waals surface area (Å²) < 4.78 is 68.5. The summed E-state index contributed by atoms with van der Waals surface area (Å²) in [5.41, 5.74) is 0. The summed E-state index contributed by atoms with van der Waals surface area (Å²) >= 11 is 0. The van der Waals surface area contributed by atoms with Crippen molar-refractivity contribution in [1.82, 2.24) is 0 Å². The molecule has 0 fully saturated rings. The molecule has 0 aliphatic heterocycles. The summed E-state index contributed by atoms with van der Waals surface area (Å²) in [6, 6.07) is 0. The first-order valence-corrected chi connectivity index (χ1v) is 42.4. The lowest BCUT2D eigenvalue weighted by Gasteiger charge is -2.21. The van der Waals surface area contributed by atoms with Crippen molar-refractivity contribution in [2.24, 2.45) is 0 Å². The van der Waals surface area contributed by atoms with Gasteiger partial charge in [-0.05, 0) is 154 Å². The molecule has 0 aliphatic rings. The summed E-state index contributed by atoms with van der Waals surface area (Å²) in [5.74, 6) is -2.29. The molecule has 0 amide bonds. The average Bonchev–Trinajstić information content (AvgIpc) is 0.923. The number of aliphatic hydroxyl groups excluding tert-OH is 1. The molecule has 5 unspecified atom stereocenters. The molecule has 0 rings (SSSR count). The number of hydrogen-bond acceptors (Lipinski definition) is 15. The van der Waals surface area contributed by atoms with Gasteiger partial charge in [0.25, 0.3) is 0 Å². The summed E-state index contributed by atoms with van der Waals surface area (Å²) in [5, 5.41) is 10.6. The molecule has 0 aromatic heterocycles. The Hall–Kier alpha value is -4.80. The Morgan fingerprint density at radius 2 is 0.520 bits per heavy atom. The number of aliphatic hydroxyl groups is 1. The molecule has 102 heavy (non-hydrogen) atoms. The Kier molecular flexibility index (Phi) is 71.0. The van der Waals surface area contributed by atoms with Crippen molar-refractivity contribution in [2.45, 2.75) is 329 Å². The van der Waals surface area contributed by atoms with Gasteiger partial charge in [0, 0.05) is 25.7 Å². The summed E-state index contributed by atoms with van der Waals surface area (Å²) in [4.78, 5) is 73.0. The fourth-order valence-corrected chi connectivity index (χ4v) is 11.7. The highest BCUT2D eigenvalue weighted by Gasteiger charge is 2.30. The van der Waals surface area contributed by atoms with Crippen LogP contribution in [0.5, 0.6) is 0 Å². The van der Waals surface area contributed by atoms with Crippen molar-refractivity contribution in [3.05, 3.63) is 134 Å². The molecule has 0 saturated carbocycles. The topological polar surface area (TPSA) is 237 Å². The van der Waals surface area contributed by atoms with E-state index in [1.54, 1.807) is 0 Å². The lowest BCUT2D eigenvalue weighted by Crippen LogP contribution is -2.30. The van der Waals surface area contributed by atoms with E-state index in [4.69, 9.17) is 37.0 Å². The van der Waals surface area contributed by atoms with Gasteiger partial charge < -0.3 is 33.8 Å². The highest BCUT2D eigenvalue weighted by atomic mass is 31.2. The molecule has 5 atom stereocenters. The fourth-order valence-electron chi connectivity index (χ4n) is 10.1. The number of phosphoric acid groups is 2. The normalized spacial score (nSPS) is 14.6. The highest BCUT2D eigenvalue weighted by Crippen LogP contribution is 2.45. The average molecular weight is 1470 g/mol. The Bertz CT molecular complexity index is 2460. The molecular weight excluding hydrogens is 1330 g/mol. The van der Waals surface area contributed by atoms with E-state index >= 15 is 0 Å². The van der Waals surface area contributed by atoms with Gasteiger partial charge in [-0.15, -0.1) is 0 Å². The van der Waals surface area contributed by atoms with Gasteiger partial charge in [-0.1, -0.05) is 264 Å². The quantitative estimate of drug-likeness (QED) is 0.0169. The number of rotatable bonds is 73. The molecule has 0 spiro atoms. The van der Waals surface area contributed by atoms with Gasteiger partial charge in [0.2, 0.25) is 0 Å². The van der Waals surface area contributed by atoms with E-state index in [1.165, 1.54) is 57.8 Å². The Labute approximate surface area is 618 Å². The van der Waals surface area contributed by atoms with Crippen molar-refractivity contribution in [2.75, 3.05) is 39.6 Å². The predicted molar refractivity (Wildman–Crippen MR) is 418 cm³/mol. The van der Waals surface area contributed by atoms with Gasteiger partial charge in [-0.2, -0.15) is 0 Å². The zero-order chi connectivity index (χ0) is 74.6. The van der Waals surface area contributed by atoms with E-state index in [1.807, 2.05) is 12.2 Å². The van der Waals surface area contributed by atoms with Crippen LogP contribution >= 0.6 is 15.6 Å². The third-order valence-electron chi connectivity index (χ3n) is 16.1. The van der Waals surface area contributed by atoms with Crippen LogP contribution in [0.15, 0.2) is 134 Å². The van der Waals surface area contributed by atoms with Crippen LogP contribution in [0.4, 0.5) is 0 Å². The molecule has 0 radical (unpaired) electrons. The van der Waals surface area contributed by atoms with Crippen LogP contribution < -0.4 is 0 Å². The van der Waals surface area contributed by atoms with Crippen molar-refractivity contribution in [3.8, 4) is 0 Å². The van der Waals surface area contributed by atoms with Gasteiger partial charge in [0.1, 0.15) is 19.3 Å². The van der Waals surface area contributed by atoms with Crippen LogP contribution in [0.1, 0.15) is 310 Å². The second-order valence-corrected chi connectivity index (χ2v) is 28.8. The number of unbranched alkanes of at least 4 members (excludes halogenated alkanes) is 25. The maximum Gasteiger partial charge on any atom is 0.472 e. The lowest BCUT2D eigenvalue weighted by molar-refractivity contribution is -0.161. The van der Waals surface area contributed by atoms with E-state index in [2.05, 4.69) is 149 Å². The lowest BCUT2D eigenvalue weighted by atomic mass is 10.1. The van der Waals surface area contributed by atoms with Crippen LogP contribution in [0, 0.1) is 0 Å². The number of esters is 4. The Balaban J connectivity index is 5.44. The van der Waals surface area contributed by atoms with E-state index in [0.717, 1.165) is 167 Å². The summed E-state index contributed by atoms with van der Waals surface area (Å²) in [6.45, 7) is 4.52. The molecule has 0 heterocycles. The Morgan fingerprint density at radius 1 is 0.284 bits per heavy atom. The first-order chi connectivity index (χ1) is 49.7. The molecule has 19 heteroatoms. The second kappa shape index (κ2) is 74.5. The minimum absolute atomic E-state index is 0.0594. The number of ether oxygens (including phenoxy) is 4. The molecule has 0 aromatic carbocycles. The first-order valence-electron chi connectivity index (χ1n) is 39.4. The standard InChI is InChI=1S/C83H140O17P2/c1-5-9-13-17-21-25-29-33-37-38-42-44-48-52-56-60-64-68-81(86)94-74-79(100-83(88)70-66-62-58-54-50-46-41-36-32-28-24-20-16-12-8-4)76-98-102(91,92)96-72-77(84)71-95-101(89,90)97-75-78(99-82(87)69-65-61-57-53-49-45-40-35-31-27-23-19-15-11-7-3)73-93-80(85)67-63-59-55-51-47-43-39-34-30-26-22-18-14-10-6-2/h9,12-13,16,21-22,24-26,28,33-37,39-42,44,52,56,77-79,84H,5-8,10-11,14-15,17-20,23,27,29-32,38,43,45-51,53-55,57-76H2,1-4H3,(H,89,90)(H,91,92)/b13-9-,16-12-,25-21-,26-22-,28-24-,37-33-,39-34-,40-35-,41-36-,44-42-,56-52-. The molecule has 17 nitrogen and oxygen atoms in total. The molecule has 0 saturated heterocycles. The Morgan fingerprint density at radius 3 is 0.853 bits per heavy atom. The van der Waals surface area contributed by atoms with E-state index in [9.17, 15) is 43.2 Å². The third-order valence-corrected chi connectivity index (χ3v) is 18.0. The molecule has 0 aliphatic carbocycles. The number of carbonyl (C=O) groups excluding carboxylic acids is 4. The smallest absolute Gasteiger partial charge is 0.462 e. The third kappa shape index (κ3) is 73.5. The van der Waals surface area contributed by atoms with Gasteiger partial charge >= 0.3 is 39.5 Å². The SMILES string of the molecule is CC/C=C\C/C=C\C/C=C\C/C=C\C/C=C\CCCC(=O)OCC(COP(=O)(O)OCC(O)COP(=O)(O)OCC(COC(=O)CCCCCCC/C=C\C/C=C\CCCCC)OC(=O)CCCCCCC/C=C\CCCCCCCC)OC(=O)CCCCCCC/C=C\C/C=C\C/C=C\CC. The van der Waals surface area contributed by atoms with E-state index < -0.39 is 97.5 Å². The molecular formula is C83H140O17P2. The maximum absolute atomic E-state index is 13.1. The largest absolute Gasteiger partial charge is 0.472 e. The summed E-state index contributed by atoms with van der Waals surface area (Å²) in [6.07, 6.45) is 82.9. The van der Waals surface area contributed by atoms with Crippen molar-refractivity contribution in [1.29, 1.82) is 0 Å². The van der Waals surface area contributed by atoms with Crippen LogP contribution in [-0.4, -0.2) is 96.7 Å². The zero-order valence-electron chi connectivity index (χ0n) is 63.7. The second-order valence-electron chi connectivity index (χ2n) is 25.9. The molecule has 584 valence electrons. The van der Waals surface area contributed by atoms with Gasteiger partial charge in [0.15, 0.2) is 12.2 Å². The minimum Gasteiger partial charge on any atom is -0.462 e. The van der Waals surface area contributed by atoms with Crippen LogP contribution in [0.25, 0.3) is 0 Å². The van der Waals surface area contributed by atoms with E-state index in [-0.39, 0.29) is 25.7 Å². The van der Waals surface area contributed by atoms with Gasteiger partial charge in [-0.3, -0.25) is 37.3 Å². The van der Waals surface area contributed by atoms with Gasteiger partial charge in [0.05, 0.1) is 26.4 Å². The summed E-state index contributed by atoms with van der Waals surface area (Å²) in [7, 11) is -9.99. The van der Waals surface area contributed by atoms with Crippen molar-refractivity contribution >= 4 is 39.5 Å². The fraction of sp³-hybridized carbons (Fsp3) is 0.687. The zero-order valence-corrected chi connectivity index (χ0v) is 65.5.